The van der Waals surface area contributed by atoms with Crippen LogP contribution in [0.4, 0.5) is 0 Å². The van der Waals surface area contributed by atoms with Crippen LogP contribution in [0.3, 0.4) is 0 Å². The number of carbonyl (C=O) groups is 1. The van der Waals surface area contributed by atoms with Gasteiger partial charge < -0.3 is 30.2 Å². The largest absolute Gasteiger partial charge is 0.493 e. The smallest absolute Gasteiger partial charge is 0.163 e. The highest BCUT2D eigenvalue weighted by Crippen LogP contribution is 2.45. The van der Waals surface area contributed by atoms with Crippen molar-refractivity contribution in [2.45, 2.75) is 51.2 Å². The molecule has 1 aliphatic rings. The van der Waals surface area contributed by atoms with Gasteiger partial charge in [0.05, 0.1) is 24.9 Å². The highest BCUT2D eigenvalue weighted by Gasteiger charge is 2.40. The molecular weight excluding hydrogens is 484 g/mol. The molecule has 2 aromatic carbocycles. The first-order chi connectivity index (χ1) is 18.1. The fourth-order valence-corrected chi connectivity index (χ4v) is 4.55. The summed E-state index contributed by atoms with van der Waals surface area (Å²) in [6.07, 6.45) is 0.904. The third-order valence-corrected chi connectivity index (χ3v) is 7.16. The van der Waals surface area contributed by atoms with Gasteiger partial charge in [-0.05, 0) is 51.0 Å². The number of aliphatic hydroxyl groups is 2. The van der Waals surface area contributed by atoms with Crippen LogP contribution in [-0.4, -0.2) is 47.9 Å². The molecule has 38 heavy (non-hydrogen) atoms. The molecule has 3 aromatic rings. The standard InChI is InChI=1S/C30H36N2O6/c1-5-30(31)18-38-28-22(30)17-26(32-27(28)20-8-6-19(2)7-9-20)29(3,35)13-12-23(34)21-10-11-24(37-15-14-33)25(16-21)36-4/h6-11,16-17,33,35H,5,12-15,18,31H2,1-4H3/t29-,30-/m0/s1. The third kappa shape index (κ3) is 5.53. The molecule has 1 aliphatic heterocycles. The Morgan fingerprint density at radius 2 is 1.92 bits per heavy atom. The molecule has 0 aliphatic carbocycles. The quantitative estimate of drug-likeness (QED) is 0.320. The van der Waals surface area contributed by atoms with E-state index in [1.165, 1.54) is 7.11 Å². The number of ketones is 1. The molecule has 0 spiro atoms. The molecular formula is C30H36N2O6. The Morgan fingerprint density at radius 3 is 2.58 bits per heavy atom. The number of aliphatic hydroxyl groups excluding tert-OH is 1. The topological polar surface area (TPSA) is 124 Å². The van der Waals surface area contributed by atoms with Crippen molar-refractivity contribution < 1.29 is 29.2 Å². The van der Waals surface area contributed by atoms with Gasteiger partial charge in [-0.3, -0.25) is 4.79 Å². The summed E-state index contributed by atoms with van der Waals surface area (Å²) in [6, 6.07) is 14.7. The van der Waals surface area contributed by atoms with Crippen molar-refractivity contribution in [3.8, 4) is 28.5 Å². The Kier molecular flexibility index (Phi) is 8.06. The molecule has 1 aromatic heterocycles. The van der Waals surface area contributed by atoms with Crippen molar-refractivity contribution in [3.63, 3.8) is 0 Å². The molecule has 0 bridgehead atoms. The molecule has 0 unspecified atom stereocenters. The zero-order chi connectivity index (χ0) is 27.5. The van der Waals surface area contributed by atoms with Crippen molar-refractivity contribution >= 4 is 5.78 Å². The molecule has 8 heteroatoms. The van der Waals surface area contributed by atoms with Gasteiger partial charge in [0.1, 0.15) is 24.5 Å². The first-order valence-corrected chi connectivity index (χ1v) is 12.8. The second kappa shape index (κ2) is 11.1. The van der Waals surface area contributed by atoms with Crippen molar-refractivity contribution in [2.24, 2.45) is 5.73 Å². The maximum Gasteiger partial charge on any atom is 0.163 e. The van der Waals surface area contributed by atoms with Gasteiger partial charge >= 0.3 is 0 Å². The van der Waals surface area contributed by atoms with E-state index in [-0.39, 0.29) is 31.8 Å². The van der Waals surface area contributed by atoms with E-state index in [2.05, 4.69) is 0 Å². The summed E-state index contributed by atoms with van der Waals surface area (Å²) >= 11 is 0. The van der Waals surface area contributed by atoms with E-state index in [9.17, 15) is 9.90 Å². The Morgan fingerprint density at radius 1 is 1.18 bits per heavy atom. The Bertz CT molecular complexity index is 1300. The first kappa shape index (κ1) is 27.6. The lowest BCUT2D eigenvalue weighted by molar-refractivity contribution is 0.0396. The fourth-order valence-electron chi connectivity index (χ4n) is 4.55. The van der Waals surface area contributed by atoms with E-state index < -0.39 is 11.1 Å². The molecule has 2 atom stereocenters. The summed E-state index contributed by atoms with van der Waals surface area (Å²) in [5.74, 6) is 1.34. The summed E-state index contributed by atoms with van der Waals surface area (Å²) in [5.41, 5.74) is 8.95. The van der Waals surface area contributed by atoms with Crippen molar-refractivity contribution in [2.75, 3.05) is 26.9 Å². The van der Waals surface area contributed by atoms with Crippen LogP contribution < -0.4 is 19.9 Å². The number of ether oxygens (including phenoxy) is 3. The van der Waals surface area contributed by atoms with E-state index in [0.717, 1.165) is 16.7 Å². The van der Waals surface area contributed by atoms with E-state index in [4.69, 9.17) is 30.0 Å². The number of rotatable bonds is 11. The molecule has 0 radical (unpaired) electrons. The Labute approximate surface area is 223 Å². The maximum atomic E-state index is 13.1. The normalized spacial score (nSPS) is 17.9. The van der Waals surface area contributed by atoms with Crippen LogP contribution in [0.25, 0.3) is 11.3 Å². The van der Waals surface area contributed by atoms with Crippen LogP contribution in [0.15, 0.2) is 48.5 Å². The van der Waals surface area contributed by atoms with Gasteiger partial charge in [0, 0.05) is 23.1 Å². The molecule has 0 saturated heterocycles. The number of hydrogen-bond donors (Lipinski definition) is 3. The molecule has 0 amide bonds. The minimum Gasteiger partial charge on any atom is -0.493 e. The number of benzene rings is 2. The first-order valence-electron chi connectivity index (χ1n) is 12.8. The average Bonchev–Trinajstić information content (AvgIpc) is 3.27. The van der Waals surface area contributed by atoms with Crippen LogP contribution in [0.5, 0.6) is 17.2 Å². The number of nitrogens with zero attached hydrogens (tertiary/aromatic N) is 1. The number of Topliss-reactive ketones (excluding diaryl/α,β-unsaturated/α-hetero) is 1. The molecule has 2 heterocycles. The van der Waals surface area contributed by atoms with Crippen molar-refractivity contribution in [3.05, 3.63) is 70.9 Å². The number of hydrogen-bond acceptors (Lipinski definition) is 8. The number of fused-ring (bicyclic) bond motifs is 1. The number of methoxy groups -OCH3 is 1. The Hall–Kier alpha value is -3.46. The van der Waals surface area contributed by atoms with Gasteiger partial charge in [-0.1, -0.05) is 36.8 Å². The minimum atomic E-state index is -1.39. The predicted molar refractivity (Wildman–Crippen MR) is 145 cm³/mol. The van der Waals surface area contributed by atoms with Crippen LogP contribution in [0.1, 0.15) is 60.3 Å². The van der Waals surface area contributed by atoms with Gasteiger partial charge in [-0.2, -0.15) is 0 Å². The number of aromatic nitrogens is 1. The lowest BCUT2D eigenvalue weighted by atomic mass is 9.86. The minimum absolute atomic E-state index is 0.0870. The number of aryl methyl sites for hydroxylation is 1. The monoisotopic (exact) mass is 520 g/mol. The highest BCUT2D eigenvalue weighted by atomic mass is 16.5. The summed E-state index contributed by atoms with van der Waals surface area (Å²) in [4.78, 5) is 17.9. The van der Waals surface area contributed by atoms with Gasteiger partial charge in [-0.15, -0.1) is 0 Å². The molecule has 0 saturated carbocycles. The number of pyridine rings is 1. The second-order valence-corrected chi connectivity index (χ2v) is 10.0. The zero-order valence-electron chi connectivity index (χ0n) is 22.4. The maximum absolute atomic E-state index is 13.1. The molecule has 8 nitrogen and oxygen atoms in total. The van der Waals surface area contributed by atoms with Gasteiger partial charge in [0.15, 0.2) is 23.0 Å². The molecule has 4 rings (SSSR count). The molecule has 4 N–H and O–H groups in total. The fraction of sp³-hybridized carbons (Fsp3) is 0.400. The van der Waals surface area contributed by atoms with E-state index in [1.54, 1.807) is 25.1 Å². The third-order valence-electron chi connectivity index (χ3n) is 7.16. The van der Waals surface area contributed by atoms with Crippen molar-refractivity contribution in [1.29, 1.82) is 0 Å². The van der Waals surface area contributed by atoms with Gasteiger partial charge in [-0.25, -0.2) is 4.98 Å². The second-order valence-electron chi connectivity index (χ2n) is 10.0. The van der Waals surface area contributed by atoms with Crippen molar-refractivity contribution in [1.82, 2.24) is 4.98 Å². The summed E-state index contributed by atoms with van der Waals surface area (Å²) in [5, 5.41) is 20.5. The predicted octanol–water partition coefficient (Wildman–Crippen LogP) is 4.26. The average molecular weight is 521 g/mol. The number of nitrogens with two attached hydrogens (primary N) is 1. The lowest BCUT2D eigenvalue weighted by Crippen LogP contribution is -2.37. The van der Waals surface area contributed by atoms with E-state index >= 15 is 0 Å². The summed E-state index contributed by atoms with van der Waals surface area (Å²) < 4.78 is 16.8. The number of carbonyl (C=O) groups excluding carboxylic acids is 1. The lowest BCUT2D eigenvalue weighted by Gasteiger charge is -2.26. The Balaban J connectivity index is 1.62. The van der Waals surface area contributed by atoms with Crippen LogP contribution >= 0.6 is 0 Å². The van der Waals surface area contributed by atoms with Crippen LogP contribution in [0.2, 0.25) is 0 Å². The van der Waals surface area contributed by atoms with Gasteiger partial charge in [0.2, 0.25) is 0 Å². The van der Waals surface area contributed by atoms with Crippen LogP contribution in [-0.2, 0) is 11.1 Å². The molecule has 202 valence electrons. The van der Waals surface area contributed by atoms with E-state index in [1.807, 2.05) is 44.2 Å². The zero-order valence-corrected chi connectivity index (χ0v) is 22.4. The summed E-state index contributed by atoms with van der Waals surface area (Å²) in [7, 11) is 1.49. The van der Waals surface area contributed by atoms with Gasteiger partial charge in [0.25, 0.3) is 0 Å². The van der Waals surface area contributed by atoms with Crippen LogP contribution in [0, 0.1) is 6.92 Å². The molecule has 0 fully saturated rings. The van der Waals surface area contributed by atoms with E-state index in [0.29, 0.717) is 47.2 Å². The highest BCUT2D eigenvalue weighted by molar-refractivity contribution is 5.96. The SMILES string of the molecule is CC[C@]1(N)COc2c1cc([C@@](C)(O)CCC(=O)c1ccc(OCCO)c(OC)c1)nc2-c1ccc(C)cc1. The summed E-state index contributed by atoms with van der Waals surface area (Å²) in [6.45, 7) is 6.03.